The van der Waals surface area contributed by atoms with Crippen LogP contribution in [0.3, 0.4) is 0 Å². The first-order valence-electron chi connectivity index (χ1n) is 11.4. The van der Waals surface area contributed by atoms with Gasteiger partial charge in [-0.05, 0) is 30.5 Å². The maximum absolute atomic E-state index is 12.1. The van der Waals surface area contributed by atoms with Crippen molar-refractivity contribution in [1.29, 1.82) is 0 Å². The quantitative estimate of drug-likeness (QED) is 0.302. The van der Waals surface area contributed by atoms with Crippen molar-refractivity contribution >= 4 is 11.8 Å². The smallest absolute Gasteiger partial charge is 0.311 e. The van der Waals surface area contributed by atoms with Crippen LogP contribution in [0.1, 0.15) is 89.5 Å². The molecule has 0 aliphatic carbocycles. The topological polar surface area (TPSA) is 83.6 Å². The van der Waals surface area contributed by atoms with E-state index in [1.165, 1.54) is 64.2 Å². The number of hydrogen-bond donors (Lipinski definition) is 2. The first kappa shape index (κ1) is 25.0. The van der Waals surface area contributed by atoms with Crippen molar-refractivity contribution in [2.75, 3.05) is 13.1 Å². The van der Waals surface area contributed by atoms with E-state index in [1.807, 2.05) is 12.1 Å². The van der Waals surface area contributed by atoms with Gasteiger partial charge in [-0.1, -0.05) is 89.7 Å². The second-order valence-corrected chi connectivity index (χ2v) is 7.96. The predicted octanol–water partition coefficient (Wildman–Crippen LogP) is 4.95. The summed E-state index contributed by atoms with van der Waals surface area (Å²) in [5.74, 6) is -1.28. The van der Waals surface area contributed by atoms with E-state index < -0.39 is 11.8 Å². The molecule has 0 spiro atoms. The van der Waals surface area contributed by atoms with Gasteiger partial charge in [0.2, 0.25) is 0 Å². The summed E-state index contributed by atoms with van der Waals surface area (Å²) in [5.41, 5.74) is 6.21. The molecule has 0 aliphatic heterocycles. The summed E-state index contributed by atoms with van der Waals surface area (Å²) in [6, 6.07) is 6.90. The molecule has 0 saturated heterocycles. The maximum Gasteiger partial charge on any atom is 0.311 e. The van der Waals surface area contributed by atoms with Crippen molar-refractivity contribution in [2.45, 2.75) is 90.4 Å². The first-order valence-corrected chi connectivity index (χ1v) is 11.4. The minimum absolute atomic E-state index is 0.218. The molecule has 0 radical (unpaired) electrons. The van der Waals surface area contributed by atoms with Gasteiger partial charge in [0, 0.05) is 13.1 Å². The zero-order valence-electron chi connectivity index (χ0n) is 18.2. The largest absolute Gasteiger partial charge is 0.508 e. The highest BCUT2D eigenvalue weighted by atomic mass is 16.3. The number of nitrogens with two attached hydrogens (primary N) is 1. The highest BCUT2D eigenvalue weighted by Crippen LogP contribution is 2.13. The Kier molecular flexibility index (Phi) is 13.6. The van der Waals surface area contributed by atoms with Gasteiger partial charge in [-0.25, -0.2) is 0 Å². The average molecular weight is 405 g/mol. The summed E-state index contributed by atoms with van der Waals surface area (Å²) in [5, 5.41) is 9.35. The van der Waals surface area contributed by atoms with Crippen molar-refractivity contribution in [3.63, 3.8) is 0 Å². The number of rotatable bonds is 16. The molecule has 1 rings (SSSR count). The molecule has 164 valence electrons. The van der Waals surface area contributed by atoms with E-state index in [-0.39, 0.29) is 5.75 Å². The standard InChI is InChI=1S/C24H40N2O3/c1-2-3-4-5-6-7-8-9-10-11-12-13-19-26(24(29)23(25)28)20-18-21-14-16-22(27)17-15-21/h14-17,27H,2-13,18-20H2,1H3,(H2,25,28). The van der Waals surface area contributed by atoms with Crippen LogP contribution in [0.4, 0.5) is 0 Å². The zero-order chi connectivity index (χ0) is 21.3. The lowest BCUT2D eigenvalue weighted by atomic mass is 10.1. The molecule has 0 fully saturated rings. The highest BCUT2D eigenvalue weighted by molar-refractivity contribution is 6.34. The number of unbranched alkanes of at least 4 members (excludes halogenated alkanes) is 11. The molecule has 1 aromatic carbocycles. The van der Waals surface area contributed by atoms with Crippen LogP contribution in [0.15, 0.2) is 24.3 Å². The van der Waals surface area contributed by atoms with Crippen LogP contribution in [0.2, 0.25) is 0 Å². The summed E-state index contributed by atoms with van der Waals surface area (Å²) in [6.07, 6.45) is 15.8. The Morgan fingerprint density at radius 3 is 1.76 bits per heavy atom. The number of benzene rings is 1. The van der Waals surface area contributed by atoms with Gasteiger partial charge in [-0.15, -0.1) is 0 Å². The Morgan fingerprint density at radius 1 is 0.793 bits per heavy atom. The molecule has 3 N–H and O–H groups in total. The summed E-state index contributed by atoms with van der Waals surface area (Å²) >= 11 is 0. The number of nitrogens with zero attached hydrogens (tertiary/aromatic N) is 1. The summed E-state index contributed by atoms with van der Waals surface area (Å²) in [6.45, 7) is 3.28. The molecule has 0 heterocycles. The molecule has 5 heteroatoms. The third kappa shape index (κ3) is 12.2. The van der Waals surface area contributed by atoms with Gasteiger partial charge in [-0.3, -0.25) is 9.59 Å². The van der Waals surface area contributed by atoms with Crippen molar-refractivity contribution in [2.24, 2.45) is 5.73 Å². The van der Waals surface area contributed by atoms with Crippen molar-refractivity contribution in [1.82, 2.24) is 4.90 Å². The van der Waals surface area contributed by atoms with Gasteiger partial charge < -0.3 is 15.7 Å². The normalized spacial score (nSPS) is 10.8. The van der Waals surface area contributed by atoms with E-state index in [2.05, 4.69) is 6.92 Å². The van der Waals surface area contributed by atoms with Crippen LogP contribution in [0.25, 0.3) is 0 Å². The molecule has 0 unspecified atom stereocenters. The van der Waals surface area contributed by atoms with E-state index >= 15 is 0 Å². The summed E-state index contributed by atoms with van der Waals surface area (Å²) in [4.78, 5) is 24.9. The molecule has 0 aliphatic rings. The van der Waals surface area contributed by atoms with E-state index in [4.69, 9.17) is 5.73 Å². The molecule has 0 atom stereocenters. The monoisotopic (exact) mass is 404 g/mol. The fraction of sp³-hybridized carbons (Fsp3) is 0.667. The molecule has 29 heavy (non-hydrogen) atoms. The SMILES string of the molecule is CCCCCCCCCCCCCCN(CCc1ccc(O)cc1)C(=O)C(N)=O. The van der Waals surface area contributed by atoms with Crippen molar-refractivity contribution in [3.05, 3.63) is 29.8 Å². The highest BCUT2D eigenvalue weighted by Gasteiger charge is 2.18. The number of phenols is 1. The second kappa shape index (κ2) is 15.8. The van der Waals surface area contributed by atoms with Gasteiger partial charge in [0.15, 0.2) is 0 Å². The molecule has 2 amide bonds. The van der Waals surface area contributed by atoms with Crippen LogP contribution < -0.4 is 5.73 Å². The zero-order valence-corrected chi connectivity index (χ0v) is 18.2. The maximum atomic E-state index is 12.1. The number of hydrogen-bond acceptors (Lipinski definition) is 3. The van der Waals surface area contributed by atoms with Gasteiger partial charge in [0.05, 0.1) is 0 Å². The number of aromatic hydroxyl groups is 1. The fourth-order valence-corrected chi connectivity index (χ4v) is 3.54. The van der Waals surface area contributed by atoms with Gasteiger partial charge in [0.1, 0.15) is 5.75 Å². The van der Waals surface area contributed by atoms with Crippen LogP contribution in [0.5, 0.6) is 5.75 Å². The Bertz CT molecular complexity index is 572. The number of phenolic OH excluding ortho intramolecular Hbond substituents is 1. The van der Waals surface area contributed by atoms with E-state index in [9.17, 15) is 14.7 Å². The third-order valence-corrected chi connectivity index (χ3v) is 5.39. The first-order chi connectivity index (χ1) is 14.0. The van der Waals surface area contributed by atoms with E-state index in [1.54, 1.807) is 17.0 Å². The lowest BCUT2D eigenvalue weighted by Crippen LogP contribution is -2.41. The van der Waals surface area contributed by atoms with Crippen molar-refractivity contribution in [3.8, 4) is 5.75 Å². The molecule has 5 nitrogen and oxygen atoms in total. The average Bonchev–Trinajstić information content (AvgIpc) is 2.71. The third-order valence-electron chi connectivity index (χ3n) is 5.39. The number of carbonyl (C=O) groups excluding carboxylic acids is 2. The van der Waals surface area contributed by atoms with Crippen LogP contribution in [0, 0.1) is 0 Å². The van der Waals surface area contributed by atoms with Gasteiger partial charge in [0.25, 0.3) is 0 Å². The lowest BCUT2D eigenvalue weighted by Gasteiger charge is -2.21. The van der Waals surface area contributed by atoms with Gasteiger partial charge >= 0.3 is 11.8 Å². The Morgan fingerprint density at radius 2 is 1.28 bits per heavy atom. The molecule has 0 bridgehead atoms. The van der Waals surface area contributed by atoms with E-state index in [0.717, 1.165) is 18.4 Å². The predicted molar refractivity (Wildman–Crippen MR) is 119 cm³/mol. The molecular formula is C24H40N2O3. The molecule has 0 saturated carbocycles. The fourth-order valence-electron chi connectivity index (χ4n) is 3.54. The molecule has 1 aromatic rings. The van der Waals surface area contributed by atoms with Gasteiger partial charge in [-0.2, -0.15) is 0 Å². The Hall–Kier alpha value is -2.04. The Labute approximate surface area is 176 Å². The molecular weight excluding hydrogens is 364 g/mol. The number of amides is 2. The van der Waals surface area contributed by atoms with Crippen molar-refractivity contribution < 1.29 is 14.7 Å². The molecule has 0 aromatic heterocycles. The van der Waals surface area contributed by atoms with Crippen LogP contribution in [-0.4, -0.2) is 34.9 Å². The summed E-state index contributed by atoms with van der Waals surface area (Å²) in [7, 11) is 0. The number of carbonyl (C=O) groups is 2. The summed E-state index contributed by atoms with van der Waals surface area (Å²) < 4.78 is 0. The minimum Gasteiger partial charge on any atom is -0.508 e. The Balaban J connectivity index is 2.16. The van der Waals surface area contributed by atoms with Crippen LogP contribution >= 0.6 is 0 Å². The van der Waals surface area contributed by atoms with E-state index in [0.29, 0.717) is 19.5 Å². The minimum atomic E-state index is -0.894. The number of primary amides is 1. The van der Waals surface area contributed by atoms with Crippen LogP contribution in [-0.2, 0) is 16.0 Å². The second-order valence-electron chi connectivity index (χ2n) is 7.96. The lowest BCUT2D eigenvalue weighted by molar-refractivity contribution is -0.144.